The van der Waals surface area contributed by atoms with E-state index in [0.29, 0.717) is 16.4 Å². The molecule has 0 spiro atoms. The molecule has 2 rings (SSSR count). The summed E-state index contributed by atoms with van der Waals surface area (Å²) in [5, 5.41) is 12.4. The quantitative estimate of drug-likeness (QED) is 0.918. The van der Waals surface area contributed by atoms with Crippen LogP contribution in [0.1, 0.15) is 30.0 Å². The molecule has 1 aromatic heterocycles. The number of amides is 1. The molecule has 1 N–H and O–H groups in total. The molecule has 5 nitrogen and oxygen atoms in total. The monoisotopic (exact) mass is 315 g/mol. The van der Waals surface area contributed by atoms with Crippen molar-refractivity contribution in [2.45, 2.75) is 33.3 Å². The van der Waals surface area contributed by atoms with Crippen LogP contribution in [0.15, 0.2) is 24.3 Å². The highest BCUT2D eigenvalue weighted by molar-refractivity contribution is 7.15. The van der Waals surface area contributed by atoms with Gasteiger partial charge in [-0.1, -0.05) is 19.1 Å². The summed E-state index contributed by atoms with van der Waals surface area (Å²) in [6.07, 6.45) is 0.114. The van der Waals surface area contributed by atoms with Gasteiger partial charge in [0.25, 0.3) is 5.91 Å². The number of hydrogen-bond donors (Lipinski definition) is 1. The third kappa shape index (κ3) is 3.62. The van der Waals surface area contributed by atoms with Gasteiger partial charge in [-0.25, -0.2) is 4.98 Å². The maximum atomic E-state index is 12.2. The molecule has 0 aliphatic rings. The zero-order chi connectivity index (χ0) is 16.1. The topological polar surface area (TPSA) is 75.0 Å². The molecule has 0 saturated carbocycles. The average Bonchev–Trinajstić information content (AvgIpc) is 2.87. The lowest BCUT2D eigenvalue weighted by Gasteiger charge is -2.14. The summed E-state index contributed by atoms with van der Waals surface area (Å²) in [4.78, 5) is 17.6. The molecule has 0 bridgehead atoms. The summed E-state index contributed by atoms with van der Waals surface area (Å²) in [6.45, 7) is 5.65. The van der Waals surface area contributed by atoms with Gasteiger partial charge in [0, 0.05) is 4.88 Å². The van der Waals surface area contributed by atoms with E-state index in [1.165, 1.54) is 11.3 Å². The highest BCUT2D eigenvalue weighted by Crippen LogP contribution is 2.23. The lowest BCUT2D eigenvalue weighted by molar-refractivity contribution is -0.122. The van der Waals surface area contributed by atoms with Crippen LogP contribution < -0.4 is 10.1 Å². The second-order valence-corrected chi connectivity index (χ2v) is 5.94. The van der Waals surface area contributed by atoms with E-state index < -0.39 is 6.10 Å². The van der Waals surface area contributed by atoms with Gasteiger partial charge >= 0.3 is 0 Å². The Hall–Kier alpha value is -2.39. The fourth-order valence-electron chi connectivity index (χ4n) is 1.92. The minimum atomic E-state index is -0.719. The normalized spacial score (nSPS) is 11.5. The standard InChI is InChI=1S/C16H17N3O2S/c1-4-13-11(3)22-16(18-13)19-15(20)10(2)21-14-8-6-5-7-12(14)9-17/h5-8,10H,4H2,1-3H3,(H,18,19,20)/t10-/m0/s1. The summed E-state index contributed by atoms with van der Waals surface area (Å²) in [5.74, 6) is 0.112. The van der Waals surface area contributed by atoms with Crippen molar-refractivity contribution >= 4 is 22.4 Å². The Balaban J connectivity index is 2.04. The summed E-state index contributed by atoms with van der Waals surface area (Å²) in [7, 11) is 0. The number of aromatic nitrogens is 1. The number of aryl methyl sites for hydroxylation is 2. The lowest BCUT2D eigenvalue weighted by Crippen LogP contribution is -2.30. The SMILES string of the molecule is CCc1nc(NC(=O)[C@H](C)Oc2ccccc2C#N)sc1C. The Bertz CT molecular complexity index is 718. The molecule has 1 heterocycles. The van der Waals surface area contributed by atoms with Crippen LogP contribution in [0, 0.1) is 18.3 Å². The van der Waals surface area contributed by atoms with Crippen LogP contribution in [0.3, 0.4) is 0 Å². The van der Waals surface area contributed by atoms with Gasteiger partial charge in [0.15, 0.2) is 11.2 Å². The van der Waals surface area contributed by atoms with Gasteiger partial charge in [-0.3, -0.25) is 10.1 Å². The van der Waals surface area contributed by atoms with E-state index in [1.807, 2.05) is 19.9 Å². The number of carbonyl (C=O) groups is 1. The molecule has 0 aliphatic carbocycles. The third-order valence-electron chi connectivity index (χ3n) is 3.14. The fraction of sp³-hybridized carbons (Fsp3) is 0.312. The fourth-order valence-corrected chi connectivity index (χ4v) is 2.83. The van der Waals surface area contributed by atoms with Gasteiger partial charge in [-0.05, 0) is 32.4 Å². The Labute approximate surface area is 133 Å². The number of nitrogens with one attached hydrogen (secondary N) is 1. The first-order chi connectivity index (χ1) is 10.5. The third-order valence-corrected chi connectivity index (χ3v) is 4.07. The number of nitrogens with zero attached hydrogens (tertiary/aromatic N) is 2. The van der Waals surface area contributed by atoms with Crippen molar-refractivity contribution < 1.29 is 9.53 Å². The van der Waals surface area contributed by atoms with Gasteiger partial charge in [-0.2, -0.15) is 5.26 Å². The summed E-state index contributed by atoms with van der Waals surface area (Å²) in [5.41, 5.74) is 1.39. The minimum absolute atomic E-state index is 0.288. The van der Waals surface area contributed by atoms with Gasteiger partial charge in [-0.15, -0.1) is 11.3 Å². The first-order valence-corrected chi connectivity index (χ1v) is 7.79. The van der Waals surface area contributed by atoms with Crippen LogP contribution in [-0.4, -0.2) is 17.0 Å². The first kappa shape index (κ1) is 16.0. The molecule has 1 aromatic carbocycles. The van der Waals surface area contributed by atoms with E-state index in [1.54, 1.807) is 31.2 Å². The zero-order valence-electron chi connectivity index (χ0n) is 12.7. The van der Waals surface area contributed by atoms with E-state index in [4.69, 9.17) is 10.00 Å². The van der Waals surface area contributed by atoms with Crippen LogP contribution >= 0.6 is 11.3 Å². The largest absolute Gasteiger partial charge is 0.480 e. The maximum absolute atomic E-state index is 12.2. The molecule has 0 unspecified atom stereocenters. The van der Waals surface area contributed by atoms with Crippen LogP contribution in [0.25, 0.3) is 0 Å². The molecule has 22 heavy (non-hydrogen) atoms. The molecule has 2 aromatic rings. The minimum Gasteiger partial charge on any atom is -0.480 e. The van der Waals surface area contributed by atoms with Crippen molar-refractivity contribution in [3.8, 4) is 11.8 Å². The van der Waals surface area contributed by atoms with Crippen LogP contribution in [0.4, 0.5) is 5.13 Å². The highest BCUT2D eigenvalue weighted by Gasteiger charge is 2.18. The molecule has 1 amide bonds. The van der Waals surface area contributed by atoms with Crippen molar-refractivity contribution in [3.05, 3.63) is 40.4 Å². The number of nitriles is 1. The summed E-state index contributed by atoms with van der Waals surface area (Å²) >= 11 is 1.45. The Morgan fingerprint density at radius 1 is 1.50 bits per heavy atom. The Morgan fingerprint density at radius 3 is 2.86 bits per heavy atom. The average molecular weight is 315 g/mol. The van der Waals surface area contributed by atoms with Crippen molar-refractivity contribution in [1.29, 1.82) is 5.26 Å². The molecule has 114 valence electrons. The number of ether oxygens (including phenoxy) is 1. The molecule has 0 saturated heterocycles. The second-order valence-electron chi connectivity index (χ2n) is 4.73. The van der Waals surface area contributed by atoms with E-state index in [2.05, 4.69) is 10.3 Å². The smallest absolute Gasteiger partial charge is 0.266 e. The molecule has 0 radical (unpaired) electrons. The predicted octanol–water partition coefficient (Wildman–Crippen LogP) is 3.29. The van der Waals surface area contributed by atoms with Crippen molar-refractivity contribution in [2.75, 3.05) is 5.32 Å². The van der Waals surface area contributed by atoms with Crippen LogP contribution in [-0.2, 0) is 11.2 Å². The summed E-state index contributed by atoms with van der Waals surface area (Å²) < 4.78 is 5.58. The Kier molecular flexibility index (Phi) is 5.12. The van der Waals surface area contributed by atoms with Gasteiger partial charge in [0.2, 0.25) is 0 Å². The lowest BCUT2D eigenvalue weighted by atomic mass is 10.2. The van der Waals surface area contributed by atoms with Gasteiger partial charge in [0.1, 0.15) is 11.8 Å². The van der Waals surface area contributed by atoms with Crippen molar-refractivity contribution in [2.24, 2.45) is 0 Å². The van der Waals surface area contributed by atoms with Gasteiger partial charge in [0.05, 0.1) is 11.3 Å². The second kappa shape index (κ2) is 7.05. The van der Waals surface area contributed by atoms with Crippen molar-refractivity contribution in [1.82, 2.24) is 4.98 Å². The summed E-state index contributed by atoms with van der Waals surface area (Å²) in [6, 6.07) is 8.88. The Morgan fingerprint density at radius 2 is 2.23 bits per heavy atom. The highest BCUT2D eigenvalue weighted by atomic mass is 32.1. The van der Waals surface area contributed by atoms with Gasteiger partial charge < -0.3 is 4.74 Å². The zero-order valence-corrected chi connectivity index (χ0v) is 13.5. The number of para-hydroxylation sites is 1. The van der Waals surface area contributed by atoms with E-state index in [9.17, 15) is 4.79 Å². The first-order valence-electron chi connectivity index (χ1n) is 6.98. The molecule has 1 atom stereocenters. The molecular weight excluding hydrogens is 298 g/mol. The number of rotatable bonds is 5. The molecule has 0 fully saturated rings. The van der Waals surface area contributed by atoms with Crippen LogP contribution in [0.2, 0.25) is 0 Å². The molecule has 0 aliphatic heterocycles. The van der Waals surface area contributed by atoms with E-state index in [0.717, 1.165) is 17.0 Å². The number of hydrogen-bond acceptors (Lipinski definition) is 5. The maximum Gasteiger partial charge on any atom is 0.266 e. The number of anilines is 1. The number of thiazole rings is 1. The number of benzene rings is 1. The molecule has 6 heteroatoms. The van der Waals surface area contributed by atoms with Crippen LogP contribution in [0.5, 0.6) is 5.75 Å². The van der Waals surface area contributed by atoms with Crippen molar-refractivity contribution in [3.63, 3.8) is 0 Å². The van der Waals surface area contributed by atoms with E-state index in [-0.39, 0.29) is 5.91 Å². The van der Waals surface area contributed by atoms with E-state index >= 15 is 0 Å². The molecular formula is C16H17N3O2S. The number of carbonyl (C=O) groups excluding carboxylic acids is 1. The predicted molar refractivity (Wildman–Crippen MR) is 86.1 cm³/mol.